The van der Waals surface area contributed by atoms with Crippen LogP contribution in [-0.2, 0) is 30.4 Å². The predicted octanol–water partition coefficient (Wildman–Crippen LogP) is 3.01. The molecule has 9 heteroatoms. The lowest BCUT2D eigenvalue weighted by molar-refractivity contribution is -0.150. The number of nitrogens with one attached hydrogen (secondary N) is 1. The molecule has 4 rings (SSSR count). The largest absolute Gasteiger partial charge is 0.475 e. The van der Waals surface area contributed by atoms with E-state index in [0.717, 1.165) is 32.1 Å². The van der Waals surface area contributed by atoms with Gasteiger partial charge in [-0.25, -0.2) is 4.79 Å². The first kappa shape index (κ1) is 27.8. The quantitative estimate of drug-likeness (QED) is 0.480. The molecule has 3 amide bonds. The maximum Gasteiger partial charge on any atom is 0.374 e. The molecule has 1 aliphatic carbocycles. The van der Waals surface area contributed by atoms with Crippen LogP contribution in [0.5, 0.6) is 0 Å². The van der Waals surface area contributed by atoms with Crippen molar-refractivity contribution in [3.63, 3.8) is 0 Å². The summed E-state index contributed by atoms with van der Waals surface area (Å²) in [5.74, 6) is -4.11. The SMILES string of the molecule is CC(=O)N1C=C(c2ccccc2)N(CC(=O)N[C@@H](Cc2ccccc2)C(=O)C(=O)O)C(=O)C1C1CCCCC1. The summed E-state index contributed by atoms with van der Waals surface area (Å²) in [6.07, 6.45) is 6.26. The molecular formula is C30H33N3O6. The second-order valence-corrected chi connectivity index (χ2v) is 10.1. The second-order valence-electron chi connectivity index (χ2n) is 10.1. The molecule has 0 aromatic heterocycles. The number of carbonyl (C=O) groups excluding carboxylic acids is 4. The molecule has 1 unspecified atom stereocenters. The molecule has 0 spiro atoms. The maximum absolute atomic E-state index is 14.0. The molecule has 2 N–H and O–H groups in total. The number of carboxylic acid groups (broad SMARTS) is 1. The van der Waals surface area contributed by atoms with Crippen LogP contribution in [0.4, 0.5) is 0 Å². The lowest BCUT2D eigenvalue weighted by Crippen LogP contribution is -2.57. The molecule has 2 aliphatic rings. The molecule has 2 atom stereocenters. The van der Waals surface area contributed by atoms with Crippen molar-refractivity contribution in [3.8, 4) is 0 Å². The number of carboxylic acids is 1. The number of aliphatic carboxylic acids is 1. The van der Waals surface area contributed by atoms with Gasteiger partial charge in [0.25, 0.3) is 11.7 Å². The Morgan fingerprint density at radius 2 is 1.56 bits per heavy atom. The zero-order chi connectivity index (χ0) is 27.9. The van der Waals surface area contributed by atoms with E-state index < -0.39 is 36.3 Å². The van der Waals surface area contributed by atoms with Crippen molar-refractivity contribution in [2.24, 2.45) is 5.92 Å². The first-order valence-corrected chi connectivity index (χ1v) is 13.2. The van der Waals surface area contributed by atoms with Gasteiger partial charge in [0, 0.05) is 19.5 Å². The Balaban J connectivity index is 1.64. The van der Waals surface area contributed by atoms with Crippen LogP contribution in [-0.4, -0.2) is 63.0 Å². The second kappa shape index (κ2) is 12.5. The van der Waals surface area contributed by atoms with Gasteiger partial charge in [-0.05, 0) is 29.9 Å². The van der Waals surface area contributed by atoms with Gasteiger partial charge in [0.2, 0.25) is 11.8 Å². The normalized spacial score (nSPS) is 18.7. The standard InChI is InChI=1S/C30H33N3O6/c1-20(34)32-18-25(22-13-7-3-8-14-22)33(29(37)27(32)23-15-9-4-10-16-23)19-26(35)31-24(28(36)30(38)39)17-21-11-5-2-6-12-21/h2-3,5-8,11-14,18,23-24,27H,4,9-10,15-17,19H2,1H3,(H,31,35)(H,38,39)/t24-,27?/m0/s1. The fourth-order valence-electron chi connectivity index (χ4n) is 5.44. The van der Waals surface area contributed by atoms with Gasteiger partial charge in [0.15, 0.2) is 0 Å². The van der Waals surface area contributed by atoms with Gasteiger partial charge in [-0.2, -0.15) is 0 Å². The molecule has 2 aromatic carbocycles. The van der Waals surface area contributed by atoms with Gasteiger partial charge in [-0.3, -0.25) is 24.1 Å². The molecule has 9 nitrogen and oxygen atoms in total. The van der Waals surface area contributed by atoms with Crippen LogP contribution in [0, 0.1) is 5.92 Å². The van der Waals surface area contributed by atoms with Crippen LogP contribution in [0.25, 0.3) is 5.70 Å². The first-order valence-electron chi connectivity index (χ1n) is 13.2. The number of benzene rings is 2. The molecule has 1 saturated carbocycles. The number of rotatable bonds is 9. The van der Waals surface area contributed by atoms with Crippen LogP contribution >= 0.6 is 0 Å². The average molecular weight is 532 g/mol. The number of ketones is 1. The third-order valence-corrected chi connectivity index (χ3v) is 7.35. The minimum atomic E-state index is -1.65. The highest BCUT2D eigenvalue weighted by molar-refractivity contribution is 6.35. The summed E-state index contributed by atoms with van der Waals surface area (Å²) >= 11 is 0. The van der Waals surface area contributed by atoms with E-state index in [-0.39, 0.29) is 24.2 Å². The van der Waals surface area contributed by atoms with Gasteiger partial charge >= 0.3 is 5.97 Å². The van der Waals surface area contributed by atoms with Crippen molar-refractivity contribution in [2.45, 2.75) is 57.5 Å². The summed E-state index contributed by atoms with van der Waals surface area (Å²) in [5, 5.41) is 11.9. The van der Waals surface area contributed by atoms with E-state index in [1.165, 1.54) is 16.7 Å². The summed E-state index contributed by atoms with van der Waals surface area (Å²) in [6.45, 7) is 1.00. The number of hydrogen-bond donors (Lipinski definition) is 2. The zero-order valence-electron chi connectivity index (χ0n) is 21.9. The monoisotopic (exact) mass is 531 g/mol. The Morgan fingerprint density at radius 3 is 2.15 bits per heavy atom. The molecule has 1 aliphatic heterocycles. The lowest BCUT2D eigenvalue weighted by Gasteiger charge is -2.43. The number of Topliss-reactive ketones (excluding diaryl/α,β-unsaturated/α-hetero) is 1. The minimum Gasteiger partial charge on any atom is -0.475 e. The van der Waals surface area contributed by atoms with Gasteiger partial charge in [0.05, 0.1) is 5.70 Å². The van der Waals surface area contributed by atoms with E-state index in [0.29, 0.717) is 16.8 Å². The van der Waals surface area contributed by atoms with Crippen molar-refractivity contribution in [1.29, 1.82) is 0 Å². The van der Waals surface area contributed by atoms with Crippen molar-refractivity contribution < 1.29 is 29.1 Å². The van der Waals surface area contributed by atoms with Crippen LogP contribution in [0.2, 0.25) is 0 Å². The Morgan fingerprint density at radius 1 is 0.949 bits per heavy atom. The predicted molar refractivity (Wildman–Crippen MR) is 144 cm³/mol. The van der Waals surface area contributed by atoms with Gasteiger partial charge in [-0.15, -0.1) is 0 Å². The fourth-order valence-corrected chi connectivity index (χ4v) is 5.44. The Kier molecular flexibility index (Phi) is 8.91. The molecule has 2 aromatic rings. The zero-order valence-corrected chi connectivity index (χ0v) is 21.9. The number of nitrogens with zero attached hydrogens (tertiary/aromatic N) is 2. The van der Waals surface area contributed by atoms with Crippen LogP contribution in [0.15, 0.2) is 66.9 Å². The Hall–Kier alpha value is -4.27. The van der Waals surface area contributed by atoms with E-state index in [1.807, 2.05) is 6.07 Å². The molecule has 0 bridgehead atoms. The van der Waals surface area contributed by atoms with Crippen molar-refractivity contribution >= 4 is 35.2 Å². The highest BCUT2D eigenvalue weighted by atomic mass is 16.4. The smallest absolute Gasteiger partial charge is 0.374 e. The van der Waals surface area contributed by atoms with Gasteiger partial charge in [-0.1, -0.05) is 79.9 Å². The summed E-state index contributed by atoms with van der Waals surface area (Å²) in [5.41, 5.74) is 1.72. The van der Waals surface area contributed by atoms with E-state index in [4.69, 9.17) is 0 Å². The summed E-state index contributed by atoms with van der Waals surface area (Å²) in [4.78, 5) is 66.8. The number of amides is 3. The van der Waals surface area contributed by atoms with Gasteiger partial charge in [0.1, 0.15) is 18.6 Å². The summed E-state index contributed by atoms with van der Waals surface area (Å²) in [7, 11) is 0. The van der Waals surface area contributed by atoms with Crippen LogP contribution < -0.4 is 5.32 Å². The molecular weight excluding hydrogens is 498 g/mol. The Labute approximate surface area is 227 Å². The lowest BCUT2D eigenvalue weighted by atomic mass is 9.81. The topological polar surface area (TPSA) is 124 Å². The van der Waals surface area contributed by atoms with Gasteiger partial charge < -0.3 is 15.3 Å². The third-order valence-electron chi connectivity index (χ3n) is 7.35. The van der Waals surface area contributed by atoms with E-state index in [9.17, 15) is 29.1 Å². The molecule has 1 fully saturated rings. The summed E-state index contributed by atoms with van der Waals surface area (Å²) < 4.78 is 0. The minimum absolute atomic E-state index is 0.00411. The molecule has 1 heterocycles. The molecule has 0 saturated heterocycles. The average Bonchev–Trinajstić information content (AvgIpc) is 2.94. The van der Waals surface area contributed by atoms with Crippen molar-refractivity contribution in [3.05, 3.63) is 78.0 Å². The highest BCUT2D eigenvalue weighted by Gasteiger charge is 2.43. The van der Waals surface area contributed by atoms with Crippen LogP contribution in [0.1, 0.15) is 50.2 Å². The third kappa shape index (κ3) is 6.60. The summed E-state index contributed by atoms with van der Waals surface area (Å²) in [6, 6.07) is 15.8. The molecule has 204 valence electrons. The van der Waals surface area contributed by atoms with E-state index in [1.54, 1.807) is 60.8 Å². The van der Waals surface area contributed by atoms with Crippen molar-refractivity contribution in [1.82, 2.24) is 15.1 Å². The molecule has 0 radical (unpaired) electrons. The van der Waals surface area contributed by atoms with Crippen LogP contribution in [0.3, 0.4) is 0 Å². The Bertz CT molecular complexity index is 1250. The van der Waals surface area contributed by atoms with E-state index in [2.05, 4.69) is 5.32 Å². The maximum atomic E-state index is 14.0. The first-order chi connectivity index (χ1) is 18.8. The van der Waals surface area contributed by atoms with E-state index >= 15 is 0 Å². The van der Waals surface area contributed by atoms with Crippen molar-refractivity contribution in [2.75, 3.05) is 6.54 Å². The number of hydrogen-bond acceptors (Lipinski definition) is 5. The molecule has 39 heavy (non-hydrogen) atoms. The number of carbonyl (C=O) groups is 5. The fraction of sp³-hybridized carbons (Fsp3) is 0.367. The highest BCUT2D eigenvalue weighted by Crippen LogP contribution is 2.35.